The fraction of sp³-hybridized carbons (Fsp3) is 0.231. The Labute approximate surface area is 219 Å². The molecule has 1 atom stereocenters. The Morgan fingerprint density at radius 3 is 2.39 bits per heavy atom. The lowest BCUT2D eigenvalue weighted by Crippen LogP contribution is -2.54. The van der Waals surface area contributed by atoms with Gasteiger partial charge in [-0.3, -0.25) is 14.4 Å². The molecule has 1 heterocycles. The van der Waals surface area contributed by atoms with E-state index in [4.69, 9.17) is 5.26 Å². The van der Waals surface area contributed by atoms with E-state index in [1.165, 1.54) is 17.0 Å². The smallest absolute Gasteiger partial charge is 0.323 e. The summed E-state index contributed by atoms with van der Waals surface area (Å²) in [6, 6.07) is 18.8. The number of aliphatic carboxylic acids is 1. The summed E-state index contributed by atoms with van der Waals surface area (Å²) in [6.45, 7) is -0.00982. The van der Waals surface area contributed by atoms with Gasteiger partial charge in [-0.05, 0) is 47.2 Å². The van der Waals surface area contributed by atoms with Gasteiger partial charge in [0, 0.05) is 25.3 Å². The van der Waals surface area contributed by atoms with Crippen molar-refractivity contribution in [1.82, 2.24) is 14.9 Å². The van der Waals surface area contributed by atoms with Crippen molar-refractivity contribution < 1.29 is 27.9 Å². The second-order valence-electron chi connectivity index (χ2n) is 8.72. The van der Waals surface area contributed by atoms with E-state index < -0.39 is 34.5 Å². The molecular weight excluding hydrogens is 510 g/mol. The lowest BCUT2D eigenvalue weighted by molar-refractivity contribution is -0.139. The number of nitrogens with zero attached hydrogens (tertiary/aromatic N) is 3. The molecule has 1 fully saturated rings. The lowest BCUT2D eigenvalue weighted by Gasteiger charge is -2.35. The summed E-state index contributed by atoms with van der Waals surface area (Å²) in [5.41, 5.74) is 1.29. The van der Waals surface area contributed by atoms with E-state index in [9.17, 15) is 27.9 Å². The fourth-order valence-electron chi connectivity index (χ4n) is 4.06. The van der Waals surface area contributed by atoms with E-state index in [1.807, 2.05) is 23.1 Å². The highest BCUT2D eigenvalue weighted by Crippen LogP contribution is 2.19. The predicted molar refractivity (Wildman–Crippen MR) is 139 cm³/mol. The second kappa shape index (κ2) is 11.3. The number of carboxylic acid groups (broad SMARTS) is 1. The number of sulfonamides is 1. The van der Waals surface area contributed by atoms with Crippen LogP contribution in [0.15, 0.2) is 71.6 Å². The minimum absolute atomic E-state index is 0.0441. The zero-order valence-electron chi connectivity index (χ0n) is 20.2. The number of amides is 2. The van der Waals surface area contributed by atoms with Gasteiger partial charge in [0.1, 0.15) is 6.04 Å². The van der Waals surface area contributed by atoms with Crippen LogP contribution >= 0.6 is 0 Å². The molecule has 3 N–H and O–H groups in total. The standard InChI is InChI=1S/C26H25N5O6S/c27-14-18-5-8-21(9-6-18)30-11-12-31(25(33)17-30)16-24(32)28-15-23(26(34)35)29-38(36,37)22-10-7-19-3-1-2-4-20(19)13-22/h1-10,13,23,29H,11-12,15-17H2,(H,28,32)(H,34,35)/t23-/m0/s1. The summed E-state index contributed by atoms with van der Waals surface area (Å²) in [4.78, 5) is 39.9. The van der Waals surface area contributed by atoms with Crippen LogP contribution in [0.4, 0.5) is 5.69 Å². The van der Waals surface area contributed by atoms with Crippen molar-refractivity contribution in [3.05, 3.63) is 72.3 Å². The highest BCUT2D eigenvalue weighted by Gasteiger charge is 2.28. The maximum Gasteiger partial charge on any atom is 0.323 e. The van der Waals surface area contributed by atoms with Crippen molar-refractivity contribution in [2.45, 2.75) is 10.9 Å². The van der Waals surface area contributed by atoms with Gasteiger partial charge in [-0.2, -0.15) is 9.98 Å². The van der Waals surface area contributed by atoms with Crippen molar-refractivity contribution in [2.24, 2.45) is 0 Å². The largest absolute Gasteiger partial charge is 0.480 e. The summed E-state index contributed by atoms with van der Waals surface area (Å²) in [7, 11) is -4.19. The minimum Gasteiger partial charge on any atom is -0.480 e. The Balaban J connectivity index is 1.32. The van der Waals surface area contributed by atoms with E-state index in [-0.39, 0.29) is 30.4 Å². The van der Waals surface area contributed by atoms with E-state index in [0.29, 0.717) is 17.5 Å². The number of carbonyl (C=O) groups excluding carboxylic acids is 2. The molecule has 1 aliphatic heterocycles. The van der Waals surface area contributed by atoms with Crippen LogP contribution in [0.5, 0.6) is 0 Å². The van der Waals surface area contributed by atoms with Crippen LogP contribution in [0.3, 0.4) is 0 Å². The molecule has 0 radical (unpaired) electrons. The molecule has 12 heteroatoms. The number of nitrogens with one attached hydrogen (secondary N) is 2. The van der Waals surface area contributed by atoms with Crippen LogP contribution in [0.1, 0.15) is 5.56 Å². The highest BCUT2D eigenvalue weighted by atomic mass is 32.2. The molecule has 3 aromatic rings. The number of carbonyl (C=O) groups is 3. The molecule has 0 aliphatic carbocycles. The van der Waals surface area contributed by atoms with Gasteiger partial charge in [0.25, 0.3) is 0 Å². The van der Waals surface area contributed by atoms with Crippen LogP contribution in [0.25, 0.3) is 10.8 Å². The second-order valence-corrected chi connectivity index (χ2v) is 10.4. The number of nitriles is 1. The molecule has 11 nitrogen and oxygen atoms in total. The number of benzene rings is 3. The molecule has 3 aromatic carbocycles. The summed E-state index contributed by atoms with van der Waals surface area (Å²) < 4.78 is 27.8. The van der Waals surface area contributed by atoms with Gasteiger partial charge >= 0.3 is 5.97 Å². The van der Waals surface area contributed by atoms with Gasteiger partial charge in [0.2, 0.25) is 21.8 Å². The first-order valence-corrected chi connectivity index (χ1v) is 13.2. The van der Waals surface area contributed by atoms with Crippen LogP contribution in [-0.2, 0) is 24.4 Å². The molecule has 0 saturated carbocycles. The summed E-state index contributed by atoms with van der Waals surface area (Å²) in [5, 5.41) is 22.4. The van der Waals surface area contributed by atoms with Gasteiger partial charge in [0.05, 0.1) is 29.6 Å². The van der Waals surface area contributed by atoms with Crippen LogP contribution in [-0.4, -0.2) is 75.0 Å². The molecule has 2 amide bonds. The Morgan fingerprint density at radius 2 is 1.74 bits per heavy atom. The molecule has 0 spiro atoms. The number of piperazine rings is 1. The van der Waals surface area contributed by atoms with Crippen LogP contribution < -0.4 is 14.9 Å². The number of fused-ring (bicyclic) bond motifs is 1. The zero-order chi connectivity index (χ0) is 27.3. The first kappa shape index (κ1) is 26.6. The molecular formula is C26H25N5O6S. The number of hydrogen-bond acceptors (Lipinski definition) is 7. The number of hydrogen-bond donors (Lipinski definition) is 3. The van der Waals surface area contributed by atoms with Gasteiger partial charge in [-0.1, -0.05) is 30.3 Å². The summed E-state index contributed by atoms with van der Waals surface area (Å²) in [5.74, 6) is -2.36. The van der Waals surface area contributed by atoms with E-state index >= 15 is 0 Å². The summed E-state index contributed by atoms with van der Waals surface area (Å²) in [6.07, 6.45) is 0. The Bertz CT molecular complexity index is 1520. The van der Waals surface area contributed by atoms with Gasteiger partial charge < -0.3 is 20.2 Å². The molecule has 0 aromatic heterocycles. The van der Waals surface area contributed by atoms with Gasteiger partial charge in [0.15, 0.2) is 0 Å². The Morgan fingerprint density at radius 1 is 1.03 bits per heavy atom. The highest BCUT2D eigenvalue weighted by molar-refractivity contribution is 7.89. The normalized spacial score (nSPS) is 14.7. The first-order valence-electron chi connectivity index (χ1n) is 11.7. The van der Waals surface area contributed by atoms with E-state index in [1.54, 1.807) is 42.5 Å². The first-order chi connectivity index (χ1) is 18.2. The molecule has 1 saturated heterocycles. The predicted octanol–water partition coefficient (Wildman–Crippen LogP) is 0.908. The molecule has 38 heavy (non-hydrogen) atoms. The lowest BCUT2D eigenvalue weighted by atomic mass is 10.1. The molecule has 1 aliphatic rings. The van der Waals surface area contributed by atoms with E-state index in [0.717, 1.165) is 11.1 Å². The quantitative estimate of drug-likeness (QED) is 0.364. The maximum atomic E-state index is 12.8. The minimum atomic E-state index is -4.19. The average Bonchev–Trinajstić information content (AvgIpc) is 2.91. The monoisotopic (exact) mass is 535 g/mol. The van der Waals surface area contributed by atoms with E-state index in [2.05, 4.69) is 10.0 Å². The number of rotatable bonds is 9. The molecule has 0 bridgehead atoms. The van der Waals surface area contributed by atoms with Crippen molar-refractivity contribution >= 4 is 44.3 Å². The number of carboxylic acids is 1. The Hall–Kier alpha value is -4.47. The fourth-order valence-corrected chi connectivity index (χ4v) is 5.28. The molecule has 196 valence electrons. The number of anilines is 1. The zero-order valence-corrected chi connectivity index (χ0v) is 21.0. The van der Waals surface area contributed by atoms with Crippen molar-refractivity contribution in [3.63, 3.8) is 0 Å². The third-order valence-corrected chi connectivity index (χ3v) is 7.61. The van der Waals surface area contributed by atoms with Crippen molar-refractivity contribution in [1.29, 1.82) is 5.26 Å². The molecule has 0 unspecified atom stereocenters. The third-order valence-electron chi connectivity index (χ3n) is 6.14. The van der Waals surface area contributed by atoms with Crippen LogP contribution in [0, 0.1) is 11.3 Å². The SMILES string of the molecule is N#Cc1ccc(N2CCN(CC(=O)NC[C@H](NS(=O)(=O)c3ccc4ccccc4c3)C(=O)O)C(=O)C2)cc1. The van der Waals surface area contributed by atoms with Gasteiger partial charge in [-0.25, -0.2) is 8.42 Å². The average molecular weight is 536 g/mol. The van der Waals surface area contributed by atoms with Crippen LogP contribution in [0.2, 0.25) is 0 Å². The summed E-state index contributed by atoms with van der Waals surface area (Å²) >= 11 is 0. The van der Waals surface area contributed by atoms with Crippen molar-refractivity contribution in [3.8, 4) is 6.07 Å². The Kier molecular flexibility index (Phi) is 7.90. The van der Waals surface area contributed by atoms with Crippen molar-refractivity contribution in [2.75, 3.05) is 37.6 Å². The third kappa shape index (κ3) is 6.26. The maximum absolute atomic E-state index is 12.8. The van der Waals surface area contributed by atoms with Gasteiger partial charge in [-0.15, -0.1) is 0 Å². The topological polar surface area (TPSA) is 160 Å². The molecule has 4 rings (SSSR count).